The maximum Gasteiger partial charge on any atom is 0.224 e. The molecule has 1 aliphatic carbocycles. The Morgan fingerprint density at radius 3 is 2.83 bits per heavy atom. The van der Waals surface area contributed by atoms with Gasteiger partial charge in [0, 0.05) is 19.1 Å². The first-order valence-electron chi connectivity index (χ1n) is 11.9. The first kappa shape index (κ1) is 23.1. The molecule has 1 aliphatic heterocycles. The molecule has 1 amide bonds. The van der Waals surface area contributed by atoms with E-state index in [0.29, 0.717) is 25.7 Å². The van der Waals surface area contributed by atoms with Crippen LogP contribution in [0.25, 0.3) is 0 Å². The number of rotatable bonds is 10. The summed E-state index contributed by atoms with van der Waals surface area (Å²) < 4.78 is 11.4. The van der Waals surface area contributed by atoms with Crippen LogP contribution in [0.15, 0.2) is 18.2 Å². The van der Waals surface area contributed by atoms with Crippen LogP contribution in [-0.4, -0.2) is 67.2 Å². The van der Waals surface area contributed by atoms with Gasteiger partial charge in [0.25, 0.3) is 0 Å². The summed E-state index contributed by atoms with van der Waals surface area (Å²) >= 11 is 0. The lowest BCUT2D eigenvalue weighted by atomic mass is 9.87. The Morgan fingerprint density at radius 1 is 1.17 bits per heavy atom. The second kappa shape index (κ2) is 11.7. The minimum absolute atomic E-state index is 0.210. The molecule has 0 bridgehead atoms. The summed E-state index contributed by atoms with van der Waals surface area (Å²) in [6, 6.07) is 7.26. The van der Waals surface area contributed by atoms with E-state index in [4.69, 9.17) is 9.47 Å². The van der Waals surface area contributed by atoms with Crippen LogP contribution in [0.2, 0.25) is 0 Å². The van der Waals surface area contributed by atoms with Crippen LogP contribution in [0.4, 0.5) is 0 Å². The predicted molar refractivity (Wildman–Crippen MR) is 121 cm³/mol. The van der Waals surface area contributed by atoms with Crippen LogP contribution in [-0.2, 0) is 22.4 Å². The molecular formula is C25H40N2O3. The minimum atomic E-state index is 0.210. The first-order chi connectivity index (χ1) is 14.6. The number of nitrogens with zero attached hydrogens (tertiary/aromatic N) is 2. The van der Waals surface area contributed by atoms with Crippen molar-refractivity contribution in [1.82, 2.24) is 9.80 Å². The van der Waals surface area contributed by atoms with Crippen molar-refractivity contribution in [3.05, 3.63) is 29.3 Å². The maximum absolute atomic E-state index is 12.1. The molecule has 0 N–H and O–H groups in total. The number of carbonyl (C=O) groups is 1. The molecule has 1 fully saturated rings. The van der Waals surface area contributed by atoms with Crippen molar-refractivity contribution in [3.63, 3.8) is 0 Å². The number of fused-ring (bicyclic) bond motifs is 1. The van der Waals surface area contributed by atoms with Crippen molar-refractivity contribution in [2.75, 3.05) is 39.4 Å². The summed E-state index contributed by atoms with van der Waals surface area (Å²) in [4.78, 5) is 16.8. The van der Waals surface area contributed by atoms with Crippen LogP contribution >= 0.6 is 0 Å². The van der Waals surface area contributed by atoms with Crippen molar-refractivity contribution >= 4 is 5.91 Å². The fourth-order valence-corrected chi connectivity index (χ4v) is 4.71. The van der Waals surface area contributed by atoms with Gasteiger partial charge >= 0.3 is 0 Å². The average Bonchev–Trinajstić information content (AvgIpc) is 2.93. The van der Waals surface area contributed by atoms with Crippen molar-refractivity contribution in [2.24, 2.45) is 0 Å². The Labute approximate surface area is 182 Å². The number of amides is 1. The quantitative estimate of drug-likeness (QED) is 0.539. The van der Waals surface area contributed by atoms with E-state index in [0.717, 1.165) is 57.6 Å². The van der Waals surface area contributed by atoms with Crippen LogP contribution in [0, 0.1) is 0 Å². The Kier molecular flexibility index (Phi) is 9.01. The number of hydrogen-bond donors (Lipinski definition) is 0. The molecule has 1 saturated heterocycles. The fourth-order valence-electron chi connectivity index (χ4n) is 4.71. The van der Waals surface area contributed by atoms with Crippen LogP contribution in [0.3, 0.4) is 0 Å². The molecule has 1 atom stereocenters. The van der Waals surface area contributed by atoms with Gasteiger partial charge in [-0.05, 0) is 88.7 Å². The Bertz CT molecular complexity index is 676. The number of hydrogen-bond acceptors (Lipinski definition) is 4. The van der Waals surface area contributed by atoms with E-state index in [1.54, 1.807) is 0 Å². The molecule has 0 aromatic heterocycles. The zero-order chi connectivity index (χ0) is 21.3. The van der Waals surface area contributed by atoms with Gasteiger partial charge in [-0.2, -0.15) is 0 Å². The molecule has 5 nitrogen and oxygen atoms in total. The molecule has 3 rings (SSSR count). The Balaban J connectivity index is 1.51. The Hall–Kier alpha value is -1.59. The molecule has 1 aromatic carbocycles. The van der Waals surface area contributed by atoms with Gasteiger partial charge < -0.3 is 19.3 Å². The van der Waals surface area contributed by atoms with Gasteiger partial charge in [-0.15, -0.1) is 0 Å². The minimum Gasteiger partial charge on any atom is -0.491 e. The van der Waals surface area contributed by atoms with Gasteiger partial charge in [-0.25, -0.2) is 0 Å². The summed E-state index contributed by atoms with van der Waals surface area (Å²) in [5, 5.41) is 0. The van der Waals surface area contributed by atoms with Gasteiger partial charge in [-0.1, -0.05) is 13.0 Å². The number of ether oxygens (including phenoxy) is 2. The smallest absolute Gasteiger partial charge is 0.224 e. The largest absolute Gasteiger partial charge is 0.491 e. The molecule has 30 heavy (non-hydrogen) atoms. The SMILES string of the molecule is CCCN(CCCCN1CCOCCC1=O)C1CCc2ccc(OC(C)C)cc2C1. The van der Waals surface area contributed by atoms with Crippen molar-refractivity contribution in [1.29, 1.82) is 0 Å². The van der Waals surface area contributed by atoms with E-state index in [2.05, 4.69) is 43.9 Å². The van der Waals surface area contributed by atoms with Gasteiger partial charge in [0.2, 0.25) is 5.91 Å². The lowest BCUT2D eigenvalue weighted by Crippen LogP contribution is -2.41. The summed E-state index contributed by atoms with van der Waals surface area (Å²) in [5.74, 6) is 1.25. The molecule has 1 aromatic rings. The zero-order valence-corrected chi connectivity index (χ0v) is 19.2. The lowest BCUT2D eigenvalue weighted by Gasteiger charge is -2.35. The van der Waals surface area contributed by atoms with Crippen molar-refractivity contribution in [2.45, 2.75) is 77.9 Å². The molecular weight excluding hydrogens is 376 g/mol. The summed E-state index contributed by atoms with van der Waals surface area (Å²) in [6.45, 7) is 11.6. The first-order valence-corrected chi connectivity index (χ1v) is 11.9. The number of carbonyl (C=O) groups excluding carboxylic acids is 1. The molecule has 1 heterocycles. The molecule has 1 unspecified atom stereocenters. The third-order valence-electron chi connectivity index (χ3n) is 6.22. The van der Waals surface area contributed by atoms with E-state index < -0.39 is 0 Å². The highest BCUT2D eigenvalue weighted by Gasteiger charge is 2.24. The molecule has 0 saturated carbocycles. The van der Waals surface area contributed by atoms with Crippen molar-refractivity contribution in [3.8, 4) is 5.75 Å². The third kappa shape index (κ3) is 6.71. The third-order valence-corrected chi connectivity index (χ3v) is 6.22. The summed E-state index contributed by atoms with van der Waals surface area (Å²) in [5.41, 5.74) is 2.95. The van der Waals surface area contributed by atoms with Crippen molar-refractivity contribution < 1.29 is 14.3 Å². The second-order valence-electron chi connectivity index (χ2n) is 8.98. The van der Waals surface area contributed by atoms with E-state index in [1.165, 1.54) is 24.0 Å². The van der Waals surface area contributed by atoms with Gasteiger partial charge in [0.05, 0.1) is 25.7 Å². The number of aryl methyl sites for hydroxylation is 1. The van der Waals surface area contributed by atoms with Crippen LogP contribution < -0.4 is 4.74 Å². The lowest BCUT2D eigenvalue weighted by molar-refractivity contribution is -0.130. The van der Waals surface area contributed by atoms with E-state index >= 15 is 0 Å². The van der Waals surface area contributed by atoms with E-state index in [9.17, 15) is 4.79 Å². The second-order valence-corrected chi connectivity index (χ2v) is 8.98. The summed E-state index contributed by atoms with van der Waals surface area (Å²) in [7, 11) is 0. The normalized spacial score (nSPS) is 19.8. The molecule has 5 heteroatoms. The van der Waals surface area contributed by atoms with Crippen LogP contribution in [0.1, 0.15) is 64.0 Å². The molecule has 0 spiro atoms. The number of benzene rings is 1. The van der Waals surface area contributed by atoms with Crippen LogP contribution in [0.5, 0.6) is 5.75 Å². The highest BCUT2D eigenvalue weighted by molar-refractivity contribution is 5.76. The standard InChI is InChI=1S/C25H40N2O3/c1-4-12-26(13-5-6-14-27-15-17-29-16-11-25(27)28)23-9-7-21-8-10-24(30-20(2)3)19-22(21)18-23/h8,10,19-20,23H,4-7,9,11-18H2,1-3H3. The monoisotopic (exact) mass is 416 g/mol. The zero-order valence-electron chi connectivity index (χ0n) is 19.2. The van der Waals surface area contributed by atoms with E-state index in [1.807, 2.05) is 4.90 Å². The maximum atomic E-state index is 12.1. The highest BCUT2D eigenvalue weighted by atomic mass is 16.5. The Morgan fingerprint density at radius 2 is 2.03 bits per heavy atom. The fraction of sp³-hybridized carbons (Fsp3) is 0.720. The molecule has 0 radical (unpaired) electrons. The van der Waals surface area contributed by atoms with E-state index in [-0.39, 0.29) is 12.0 Å². The van der Waals surface area contributed by atoms with Gasteiger partial charge in [-0.3, -0.25) is 4.79 Å². The summed E-state index contributed by atoms with van der Waals surface area (Å²) in [6.07, 6.45) is 7.65. The van der Waals surface area contributed by atoms with Gasteiger partial charge in [0.15, 0.2) is 0 Å². The number of unbranched alkanes of at least 4 members (excludes halogenated alkanes) is 1. The molecule has 168 valence electrons. The molecule has 2 aliphatic rings. The topological polar surface area (TPSA) is 42.0 Å². The average molecular weight is 417 g/mol. The van der Waals surface area contributed by atoms with Gasteiger partial charge in [0.1, 0.15) is 5.75 Å². The predicted octanol–water partition coefficient (Wildman–Crippen LogP) is 4.07. The highest BCUT2D eigenvalue weighted by Crippen LogP contribution is 2.28.